The van der Waals surface area contributed by atoms with E-state index in [9.17, 15) is 18.4 Å². The van der Waals surface area contributed by atoms with Gasteiger partial charge in [-0.3, -0.25) is 9.59 Å². The predicted molar refractivity (Wildman–Crippen MR) is 183 cm³/mol. The number of carbonyl (C=O) groups excluding carboxylic acids is 1. The van der Waals surface area contributed by atoms with E-state index in [4.69, 9.17) is 14.2 Å². The summed E-state index contributed by atoms with van der Waals surface area (Å²) in [5.74, 6) is -0.650. The number of nitrogens with zero attached hydrogens (tertiary/aromatic N) is 2. The van der Waals surface area contributed by atoms with E-state index in [2.05, 4.69) is 15.9 Å². The molecule has 0 saturated heterocycles. The number of alkyl halides is 1. The van der Waals surface area contributed by atoms with Gasteiger partial charge in [-0.15, -0.1) is 0 Å². The Bertz CT molecular complexity index is 1690. The first-order valence-electron chi connectivity index (χ1n) is 15.8. The van der Waals surface area contributed by atoms with Crippen LogP contribution in [0.1, 0.15) is 70.2 Å². The van der Waals surface area contributed by atoms with Gasteiger partial charge in [0.1, 0.15) is 34.4 Å². The largest absolute Gasteiger partial charge is 0.494 e. The molecule has 0 bridgehead atoms. The maximum absolute atomic E-state index is 14.1. The van der Waals surface area contributed by atoms with E-state index < -0.39 is 23.0 Å². The van der Waals surface area contributed by atoms with Crippen LogP contribution in [-0.2, 0) is 0 Å². The number of anilines is 1. The molecule has 4 aromatic rings. The molecule has 246 valence electrons. The quantitative estimate of drug-likeness (QED) is 0.0864. The minimum absolute atomic E-state index is 0.0120. The fourth-order valence-corrected chi connectivity index (χ4v) is 5.64. The molecule has 0 atom stereocenters. The van der Waals surface area contributed by atoms with E-state index in [1.165, 1.54) is 17.5 Å². The molecular formula is C36H41BrF2N2O5. The van der Waals surface area contributed by atoms with Crippen LogP contribution in [0.25, 0.3) is 16.6 Å². The smallest absolute Gasteiger partial charge is 0.263 e. The lowest BCUT2D eigenvalue weighted by Crippen LogP contribution is -2.35. The number of unbranched alkanes of at least 4 members (excludes halogenated alkanes) is 4. The molecule has 0 aliphatic heterocycles. The van der Waals surface area contributed by atoms with E-state index in [0.717, 1.165) is 49.2 Å². The molecule has 0 aliphatic carbocycles. The number of carbonyl (C=O) groups is 1. The van der Waals surface area contributed by atoms with Crippen LogP contribution in [0.15, 0.2) is 65.6 Å². The zero-order valence-corrected chi connectivity index (χ0v) is 28.4. The number of hydrogen-bond donors (Lipinski definition) is 0. The molecule has 1 amide bonds. The van der Waals surface area contributed by atoms with Crippen LogP contribution in [0, 0.1) is 11.6 Å². The molecule has 0 unspecified atom stereocenters. The third kappa shape index (κ3) is 8.87. The lowest BCUT2D eigenvalue weighted by Gasteiger charge is -2.23. The molecule has 1 heterocycles. The van der Waals surface area contributed by atoms with Gasteiger partial charge in [-0.2, -0.15) is 0 Å². The molecule has 0 N–H and O–H groups in total. The molecule has 0 aliphatic rings. The van der Waals surface area contributed by atoms with Gasteiger partial charge >= 0.3 is 0 Å². The second kappa shape index (κ2) is 16.6. The van der Waals surface area contributed by atoms with Crippen molar-refractivity contribution in [2.24, 2.45) is 0 Å². The molecule has 0 saturated carbocycles. The van der Waals surface area contributed by atoms with E-state index in [1.54, 1.807) is 47.9 Å². The number of aromatic nitrogens is 1. The van der Waals surface area contributed by atoms with Crippen molar-refractivity contribution < 1.29 is 27.8 Å². The summed E-state index contributed by atoms with van der Waals surface area (Å²) in [6.07, 6.45) is 6.76. The van der Waals surface area contributed by atoms with Crippen molar-refractivity contribution in [3.63, 3.8) is 0 Å². The monoisotopic (exact) mass is 698 g/mol. The number of rotatable bonds is 16. The molecule has 4 rings (SSSR count). The van der Waals surface area contributed by atoms with Crippen LogP contribution in [0.3, 0.4) is 0 Å². The van der Waals surface area contributed by atoms with Gasteiger partial charge in [0.15, 0.2) is 0 Å². The molecule has 7 nitrogen and oxygen atoms in total. The molecule has 0 radical (unpaired) electrons. The van der Waals surface area contributed by atoms with Crippen molar-refractivity contribution in [2.45, 2.75) is 65.9 Å². The SMILES string of the molecule is CCOc1cc(OC(C)C)cc(-n2cc(C(=O)N(CC)c3cc(F)cc(F)c3)c(=O)c3ccc(OCCCCCCCBr)cc32)c1. The number of pyridine rings is 1. The average Bonchev–Trinajstić information content (AvgIpc) is 3.00. The highest BCUT2D eigenvalue weighted by Crippen LogP contribution is 2.30. The molecule has 10 heteroatoms. The zero-order valence-electron chi connectivity index (χ0n) is 26.8. The number of fused-ring (bicyclic) bond motifs is 1. The fourth-order valence-electron chi connectivity index (χ4n) is 5.25. The Balaban J connectivity index is 1.83. The van der Waals surface area contributed by atoms with Gasteiger partial charge in [0.05, 0.1) is 30.5 Å². The second-order valence-corrected chi connectivity index (χ2v) is 12.0. The van der Waals surface area contributed by atoms with Gasteiger partial charge in [0.25, 0.3) is 5.91 Å². The zero-order chi connectivity index (χ0) is 33.2. The Labute approximate surface area is 277 Å². The third-order valence-electron chi connectivity index (χ3n) is 7.30. The van der Waals surface area contributed by atoms with Gasteiger partial charge in [-0.1, -0.05) is 35.2 Å². The van der Waals surface area contributed by atoms with Gasteiger partial charge < -0.3 is 23.7 Å². The Morgan fingerprint density at radius 2 is 1.57 bits per heavy atom. The van der Waals surface area contributed by atoms with E-state index in [-0.39, 0.29) is 29.3 Å². The maximum atomic E-state index is 14.1. The maximum Gasteiger partial charge on any atom is 0.263 e. The van der Waals surface area contributed by atoms with Gasteiger partial charge in [0, 0.05) is 59.5 Å². The summed E-state index contributed by atoms with van der Waals surface area (Å²) in [6.45, 7) is 8.41. The normalized spacial score (nSPS) is 11.2. The van der Waals surface area contributed by atoms with E-state index >= 15 is 0 Å². The summed E-state index contributed by atoms with van der Waals surface area (Å²) in [5, 5.41) is 1.29. The standard InChI is InChI=1S/C36H41BrF2N2O5/c1-5-40(27-17-25(38)16-26(39)18-27)36(43)33-23-41(28-19-30(44-6-2)21-31(20-28)46-24(3)4)34-22-29(12-13-32(34)35(33)42)45-15-11-9-7-8-10-14-37/h12-13,16-24H,5-11,14-15H2,1-4H3. The fraction of sp³-hybridized carbons (Fsp3) is 0.389. The van der Waals surface area contributed by atoms with Crippen molar-refractivity contribution in [1.82, 2.24) is 4.57 Å². The number of ether oxygens (including phenoxy) is 3. The predicted octanol–water partition coefficient (Wildman–Crippen LogP) is 8.85. The third-order valence-corrected chi connectivity index (χ3v) is 7.86. The van der Waals surface area contributed by atoms with Crippen LogP contribution in [0.4, 0.5) is 14.5 Å². The van der Waals surface area contributed by atoms with Crippen molar-refractivity contribution in [3.05, 3.63) is 88.2 Å². The van der Waals surface area contributed by atoms with Crippen LogP contribution < -0.4 is 24.5 Å². The van der Waals surface area contributed by atoms with Crippen molar-refractivity contribution >= 4 is 38.4 Å². The Morgan fingerprint density at radius 1 is 0.870 bits per heavy atom. The lowest BCUT2D eigenvalue weighted by atomic mass is 10.1. The van der Waals surface area contributed by atoms with E-state index in [1.807, 2.05) is 20.8 Å². The van der Waals surface area contributed by atoms with Gasteiger partial charge in [0.2, 0.25) is 5.43 Å². The number of benzene rings is 3. The van der Waals surface area contributed by atoms with Crippen LogP contribution >= 0.6 is 15.9 Å². The minimum atomic E-state index is -0.825. The molecule has 0 fully saturated rings. The van der Waals surface area contributed by atoms with Gasteiger partial charge in [-0.25, -0.2) is 8.78 Å². The van der Waals surface area contributed by atoms with Crippen LogP contribution in [-0.4, -0.2) is 41.7 Å². The van der Waals surface area contributed by atoms with E-state index in [0.29, 0.717) is 41.7 Å². The number of amides is 1. The Hall–Kier alpha value is -3.92. The summed E-state index contributed by atoms with van der Waals surface area (Å²) in [6, 6.07) is 13.4. The summed E-state index contributed by atoms with van der Waals surface area (Å²) >= 11 is 3.46. The van der Waals surface area contributed by atoms with Crippen molar-refractivity contribution in [3.8, 4) is 22.9 Å². The first kappa shape index (κ1) is 34.9. The lowest BCUT2D eigenvalue weighted by molar-refractivity contribution is 0.0987. The topological polar surface area (TPSA) is 70.0 Å². The highest BCUT2D eigenvalue weighted by molar-refractivity contribution is 9.09. The average molecular weight is 700 g/mol. The van der Waals surface area contributed by atoms with Gasteiger partial charge in [-0.05, 0) is 64.8 Å². The van der Waals surface area contributed by atoms with Crippen LogP contribution in [0.2, 0.25) is 0 Å². The molecule has 3 aromatic carbocycles. The van der Waals surface area contributed by atoms with Crippen molar-refractivity contribution in [1.29, 1.82) is 0 Å². The highest BCUT2D eigenvalue weighted by Gasteiger charge is 2.24. The molecular weight excluding hydrogens is 658 g/mol. The highest BCUT2D eigenvalue weighted by atomic mass is 79.9. The first-order valence-corrected chi connectivity index (χ1v) is 16.9. The second-order valence-electron chi connectivity index (χ2n) is 11.2. The summed E-state index contributed by atoms with van der Waals surface area (Å²) < 4.78 is 47.9. The molecule has 1 aromatic heterocycles. The summed E-state index contributed by atoms with van der Waals surface area (Å²) in [4.78, 5) is 29.0. The van der Waals surface area contributed by atoms with Crippen molar-refractivity contribution in [2.75, 3.05) is 30.0 Å². The summed E-state index contributed by atoms with van der Waals surface area (Å²) in [7, 11) is 0. The summed E-state index contributed by atoms with van der Waals surface area (Å²) in [5.41, 5.74) is 0.441. The first-order chi connectivity index (χ1) is 22.1. The number of halogens is 3. The Morgan fingerprint density at radius 3 is 2.24 bits per heavy atom. The Kier molecular flexibility index (Phi) is 12.6. The minimum Gasteiger partial charge on any atom is -0.494 e. The molecule has 46 heavy (non-hydrogen) atoms. The van der Waals surface area contributed by atoms with Crippen LogP contribution in [0.5, 0.6) is 17.2 Å². The number of hydrogen-bond acceptors (Lipinski definition) is 5. The molecule has 0 spiro atoms.